The van der Waals surface area contributed by atoms with Crippen molar-refractivity contribution in [2.75, 3.05) is 5.32 Å². The SMILES string of the molecule is O=C(Nc1ccccc1Cc1ccccc1)c1ccc(CN2C(=O)c3ccccc3C2=O)cc1. The predicted molar refractivity (Wildman–Crippen MR) is 131 cm³/mol. The van der Waals surface area contributed by atoms with Gasteiger partial charge in [-0.1, -0.05) is 72.8 Å². The average molecular weight is 447 g/mol. The Morgan fingerprint density at radius 3 is 1.91 bits per heavy atom. The molecule has 4 aromatic rings. The summed E-state index contributed by atoms with van der Waals surface area (Å²) in [6.07, 6.45) is 0.719. The molecule has 0 bridgehead atoms. The third kappa shape index (κ3) is 4.24. The summed E-state index contributed by atoms with van der Waals surface area (Å²) in [5, 5.41) is 3.01. The Kier molecular flexibility index (Phi) is 5.75. The highest BCUT2D eigenvalue weighted by molar-refractivity contribution is 6.21. The van der Waals surface area contributed by atoms with Crippen molar-refractivity contribution in [2.45, 2.75) is 13.0 Å². The van der Waals surface area contributed by atoms with Gasteiger partial charge < -0.3 is 5.32 Å². The van der Waals surface area contributed by atoms with Crippen LogP contribution in [0.4, 0.5) is 5.69 Å². The van der Waals surface area contributed by atoms with Crippen molar-refractivity contribution in [3.63, 3.8) is 0 Å². The summed E-state index contributed by atoms with van der Waals surface area (Å²) in [6, 6.07) is 31.7. The lowest BCUT2D eigenvalue weighted by atomic mass is 10.0. The molecule has 0 aromatic heterocycles. The molecule has 1 N–H and O–H groups in total. The summed E-state index contributed by atoms with van der Waals surface area (Å²) in [5.41, 5.74) is 5.10. The minimum Gasteiger partial charge on any atom is -0.322 e. The summed E-state index contributed by atoms with van der Waals surface area (Å²) in [7, 11) is 0. The Morgan fingerprint density at radius 2 is 1.24 bits per heavy atom. The van der Waals surface area contributed by atoms with Crippen molar-refractivity contribution in [2.24, 2.45) is 0 Å². The summed E-state index contributed by atoms with van der Waals surface area (Å²) in [5.74, 6) is -0.803. The number of hydrogen-bond acceptors (Lipinski definition) is 3. The van der Waals surface area contributed by atoms with E-state index in [1.807, 2.05) is 42.5 Å². The van der Waals surface area contributed by atoms with Crippen LogP contribution in [0.1, 0.15) is 47.8 Å². The molecule has 166 valence electrons. The molecule has 1 aliphatic heterocycles. The van der Waals surface area contributed by atoms with Crippen LogP contribution in [0, 0.1) is 0 Å². The zero-order valence-electron chi connectivity index (χ0n) is 18.4. The van der Waals surface area contributed by atoms with Crippen LogP contribution in [-0.2, 0) is 13.0 Å². The molecule has 0 saturated carbocycles. The zero-order chi connectivity index (χ0) is 23.5. The van der Waals surface area contributed by atoms with Crippen LogP contribution in [-0.4, -0.2) is 22.6 Å². The van der Waals surface area contributed by atoms with Gasteiger partial charge in [-0.15, -0.1) is 0 Å². The van der Waals surface area contributed by atoms with Crippen molar-refractivity contribution in [1.82, 2.24) is 4.90 Å². The molecular formula is C29H22N2O3. The third-order valence-electron chi connectivity index (χ3n) is 5.94. The van der Waals surface area contributed by atoms with Crippen molar-refractivity contribution < 1.29 is 14.4 Å². The number of para-hydroxylation sites is 1. The summed E-state index contributed by atoms with van der Waals surface area (Å²) >= 11 is 0. The van der Waals surface area contributed by atoms with Crippen LogP contribution in [0.25, 0.3) is 0 Å². The first-order valence-electron chi connectivity index (χ1n) is 11.1. The molecule has 5 rings (SSSR count). The molecule has 0 spiro atoms. The minimum atomic E-state index is -0.294. The van der Waals surface area contributed by atoms with Gasteiger partial charge in [0, 0.05) is 11.3 Å². The number of nitrogens with zero attached hydrogens (tertiary/aromatic N) is 1. The maximum absolute atomic E-state index is 12.9. The van der Waals surface area contributed by atoms with Gasteiger partial charge in [-0.05, 0) is 53.4 Å². The smallest absolute Gasteiger partial charge is 0.261 e. The molecule has 34 heavy (non-hydrogen) atoms. The van der Waals surface area contributed by atoms with Crippen molar-refractivity contribution in [3.05, 3.63) is 137 Å². The van der Waals surface area contributed by atoms with E-state index in [9.17, 15) is 14.4 Å². The molecular weight excluding hydrogens is 424 g/mol. The Bertz CT molecular complexity index is 1340. The maximum atomic E-state index is 12.9. The van der Waals surface area contributed by atoms with Crippen LogP contribution in [0.3, 0.4) is 0 Å². The molecule has 0 fully saturated rings. The standard InChI is InChI=1S/C29H22N2O3/c32-27(30-26-13-7-4-10-23(26)18-20-8-2-1-3-9-20)22-16-14-21(15-17-22)19-31-28(33)24-11-5-6-12-25(24)29(31)34/h1-17H,18-19H2,(H,30,32). The summed E-state index contributed by atoms with van der Waals surface area (Å²) < 4.78 is 0. The second-order valence-electron chi connectivity index (χ2n) is 8.21. The summed E-state index contributed by atoms with van der Waals surface area (Å²) in [6.45, 7) is 0.161. The maximum Gasteiger partial charge on any atom is 0.261 e. The number of imide groups is 1. The first-order chi connectivity index (χ1) is 16.6. The fraction of sp³-hybridized carbons (Fsp3) is 0.0690. The number of nitrogens with one attached hydrogen (secondary N) is 1. The van der Waals surface area contributed by atoms with Gasteiger partial charge in [0.2, 0.25) is 0 Å². The van der Waals surface area contributed by atoms with Gasteiger partial charge in [-0.25, -0.2) is 0 Å². The van der Waals surface area contributed by atoms with Gasteiger partial charge in [0.1, 0.15) is 0 Å². The number of rotatable bonds is 6. The average Bonchev–Trinajstić information content (AvgIpc) is 3.11. The molecule has 5 nitrogen and oxygen atoms in total. The molecule has 4 aromatic carbocycles. The van der Waals surface area contributed by atoms with Gasteiger partial charge in [-0.2, -0.15) is 0 Å². The first kappa shape index (κ1) is 21.3. The molecule has 5 heteroatoms. The van der Waals surface area contributed by atoms with E-state index in [0.717, 1.165) is 23.2 Å². The number of hydrogen-bond donors (Lipinski definition) is 1. The van der Waals surface area contributed by atoms with E-state index in [1.165, 1.54) is 10.5 Å². The normalized spacial score (nSPS) is 12.5. The minimum absolute atomic E-state index is 0.161. The highest BCUT2D eigenvalue weighted by Gasteiger charge is 2.34. The summed E-state index contributed by atoms with van der Waals surface area (Å²) in [4.78, 5) is 39.3. The molecule has 0 aliphatic carbocycles. The quantitative estimate of drug-likeness (QED) is 0.407. The van der Waals surface area contributed by atoms with E-state index in [4.69, 9.17) is 0 Å². The number of amides is 3. The van der Waals surface area contributed by atoms with Crippen LogP contribution in [0.2, 0.25) is 0 Å². The van der Waals surface area contributed by atoms with E-state index in [2.05, 4.69) is 17.4 Å². The number of carbonyl (C=O) groups excluding carboxylic acids is 3. The molecule has 3 amide bonds. The zero-order valence-corrected chi connectivity index (χ0v) is 18.4. The van der Waals surface area contributed by atoms with Gasteiger partial charge in [-0.3, -0.25) is 19.3 Å². The van der Waals surface area contributed by atoms with E-state index < -0.39 is 0 Å². The Balaban J connectivity index is 1.27. The van der Waals surface area contributed by atoms with E-state index in [-0.39, 0.29) is 24.3 Å². The Morgan fingerprint density at radius 1 is 0.647 bits per heavy atom. The van der Waals surface area contributed by atoms with Crippen LogP contribution < -0.4 is 5.32 Å². The monoisotopic (exact) mass is 446 g/mol. The number of fused-ring (bicyclic) bond motifs is 1. The van der Waals surface area contributed by atoms with Crippen LogP contribution in [0.5, 0.6) is 0 Å². The van der Waals surface area contributed by atoms with Crippen LogP contribution >= 0.6 is 0 Å². The lowest BCUT2D eigenvalue weighted by Gasteiger charge is -2.14. The highest BCUT2D eigenvalue weighted by Crippen LogP contribution is 2.25. The van der Waals surface area contributed by atoms with E-state index in [1.54, 1.807) is 48.5 Å². The van der Waals surface area contributed by atoms with Crippen molar-refractivity contribution in [1.29, 1.82) is 0 Å². The molecule has 1 aliphatic rings. The molecule has 1 heterocycles. The van der Waals surface area contributed by atoms with Gasteiger partial charge in [0.15, 0.2) is 0 Å². The van der Waals surface area contributed by atoms with Crippen molar-refractivity contribution >= 4 is 23.4 Å². The Labute approximate surface area is 197 Å². The van der Waals surface area contributed by atoms with E-state index in [0.29, 0.717) is 16.7 Å². The molecule has 0 radical (unpaired) electrons. The lowest BCUT2D eigenvalue weighted by molar-refractivity contribution is 0.0642. The largest absolute Gasteiger partial charge is 0.322 e. The number of anilines is 1. The van der Waals surface area contributed by atoms with Gasteiger partial charge in [0.05, 0.1) is 17.7 Å². The second-order valence-corrected chi connectivity index (χ2v) is 8.21. The molecule has 0 unspecified atom stereocenters. The fourth-order valence-electron chi connectivity index (χ4n) is 4.13. The second kappa shape index (κ2) is 9.16. The third-order valence-corrected chi connectivity index (χ3v) is 5.94. The molecule has 0 atom stereocenters. The predicted octanol–water partition coefficient (Wildman–Crippen LogP) is 5.33. The number of carbonyl (C=O) groups is 3. The van der Waals surface area contributed by atoms with E-state index >= 15 is 0 Å². The highest BCUT2D eigenvalue weighted by atomic mass is 16.2. The van der Waals surface area contributed by atoms with Crippen molar-refractivity contribution in [3.8, 4) is 0 Å². The Hall–Kier alpha value is -4.51. The van der Waals surface area contributed by atoms with Gasteiger partial charge >= 0.3 is 0 Å². The van der Waals surface area contributed by atoms with Crippen LogP contribution in [0.15, 0.2) is 103 Å². The first-order valence-corrected chi connectivity index (χ1v) is 11.1. The number of benzene rings is 4. The molecule has 0 saturated heterocycles. The van der Waals surface area contributed by atoms with Gasteiger partial charge in [0.25, 0.3) is 17.7 Å². The lowest BCUT2D eigenvalue weighted by Crippen LogP contribution is -2.29. The topological polar surface area (TPSA) is 66.5 Å². The fourth-order valence-corrected chi connectivity index (χ4v) is 4.13.